The molecule has 0 radical (unpaired) electrons. The molecule has 0 aromatic heterocycles. The summed E-state index contributed by atoms with van der Waals surface area (Å²) in [5.41, 5.74) is 5.81. The van der Waals surface area contributed by atoms with E-state index in [1.807, 2.05) is 24.5 Å². The minimum Gasteiger partial charge on any atom is -0.354 e. The molecule has 0 aliphatic rings. The van der Waals surface area contributed by atoms with Gasteiger partial charge in [-0.25, -0.2) is 0 Å². The van der Waals surface area contributed by atoms with Crippen molar-refractivity contribution in [3.8, 4) is 0 Å². The van der Waals surface area contributed by atoms with Crippen LogP contribution >= 0.6 is 23.5 Å². The Morgan fingerprint density at radius 2 is 2.05 bits per heavy atom. The first-order valence-corrected chi connectivity index (χ1v) is 8.64. The van der Waals surface area contributed by atoms with Gasteiger partial charge >= 0.3 is 0 Å². The van der Waals surface area contributed by atoms with Crippen LogP contribution in [0.2, 0.25) is 0 Å². The van der Waals surface area contributed by atoms with Crippen LogP contribution in [-0.4, -0.2) is 35.8 Å². The summed E-state index contributed by atoms with van der Waals surface area (Å²) in [7, 11) is 0. The van der Waals surface area contributed by atoms with Gasteiger partial charge < -0.3 is 11.1 Å². The molecule has 0 saturated heterocycles. The quantitative estimate of drug-likeness (QED) is 0.724. The van der Waals surface area contributed by atoms with Gasteiger partial charge in [-0.1, -0.05) is 25.1 Å². The summed E-state index contributed by atoms with van der Waals surface area (Å²) in [5.74, 6) is 0.873. The predicted octanol–water partition coefficient (Wildman–Crippen LogP) is 2.36. The van der Waals surface area contributed by atoms with Crippen molar-refractivity contribution in [3.05, 3.63) is 30.3 Å². The normalized spacial score (nSPS) is 13.8. The molecule has 0 aliphatic carbocycles. The molecule has 1 rings (SSSR count). The van der Waals surface area contributed by atoms with E-state index in [1.165, 1.54) is 4.90 Å². The van der Waals surface area contributed by atoms with E-state index >= 15 is 0 Å². The summed E-state index contributed by atoms with van der Waals surface area (Å²) in [5, 5.41) is 3.25. The Morgan fingerprint density at radius 3 is 2.68 bits per heavy atom. The van der Waals surface area contributed by atoms with Crippen molar-refractivity contribution in [2.24, 2.45) is 5.73 Å². The molecule has 3 nitrogen and oxygen atoms in total. The molecule has 0 heterocycles. The summed E-state index contributed by atoms with van der Waals surface area (Å²) in [4.78, 5) is 13.0. The van der Waals surface area contributed by atoms with E-state index in [1.54, 1.807) is 23.5 Å². The molecule has 3 N–H and O–H groups in total. The Kier molecular flexibility index (Phi) is 8.02. The third-order valence-electron chi connectivity index (χ3n) is 2.61. The average molecular weight is 298 g/mol. The van der Waals surface area contributed by atoms with Gasteiger partial charge in [0.05, 0.1) is 6.04 Å². The maximum atomic E-state index is 11.8. The molecule has 1 amide bonds. The topological polar surface area (TPSA) is 55.1 Å². The zero-order valence-corrected chi connectivity index (χ0v) is 13.1. The average Bonchev–Trinajstić information content (AvgIpc) is 2.43. The first-order valence-electron chi connectivity index (χ1n) is 6.37. The Balaban J connectivity index is 2.26. The molecule has 0 spiro atoms. The number of carbonyl (C=O) groups excluding carboxylic acids is 1. The van der Waals surface area contributed by atoms with Gasteiger partial charge in [0.2, 0.25) is 5.91 Å². The molecule has 0 saturated carbocycles. The summed E-state index contributed by atoms with van der Waals surface area (Å²) >= 11 is 3.46. The van der Waals surface area contributed by atoms with Crippen molar-refractivity contribution in [3.63, 3.8) is 0 Å². The molecule has 1 aromatic carbocycles. The van der Waals surface area contributed by atoms with Crippen molar-refractivity contribution < 1.29 is 4.79 Å². The van der Waals surface area contributed by atoms with E-state index in [4.69, 9.17) is 5.73 Å². The second-order valence-electron chi connectivity index (χ2n) is 4.37. The van der Waals surface area contributed by atoms with Crippen LogP contribution in [0.1, 0.15) is 13.3 Å². The molecule has 5 heteroatoms. The first-order chi connectivity index (χ1) is 9.13. The fourth-order valence-electron chi connectivity index (χ4n) is 1.52. The summed E-state index contributed by atoms with van der Waals surface area (Å²) in [6.07, 6.45) is 2.75. The Bertz CT molecular complexity index is 373. The van der Waals surface area contributed by atoms with Gasteiger partial charge in [-0.05, 0) is 30.6 Å². The van der Waals surface area contributed by atoms with Crippen LogP contribution in [0.5, 0.6) is 0 Å². The number of nitrogens with two attached hydrogens (primary N) is 1. The smallest absolute Gasteiger partial charge is 0.236 e. The fourth-order valence-corrected chi connectivity index (χ4v) is 2.96. The maximum absolute atomic E-state index is 11.8. The second kappa shape index (κ2) is 9.28. The highest BCUT2D eigenvalue weighted by Gasteiger charge is 2.13. The fraction of sp³-hybridized carbons (Fsp3) is 0.500. The standard InChI is InChI=1S/C14H22N2OS2/c1-11(19-12-6-4-3-5-7-12)10-16-14(17)13(15)8-9-18-2/h3-7,11,13H,8-10,15H2,1-2H3,(H,16,17)/t11?,13-/m0/s1. The number of hydrogen-bond acceptors (Lipinski definition) is 4. The highest BCUT2D eigenvalue weighted by atomic mass is 32.2. The third-order valence-corrected chi connectivity index (χ3v) is 4.37. The Labute approximate surface area is 124 Å². The van der Waals surface area contributed by atoms with Crippen molar-refractivity contribution >= 4 is 29.4 Å². The summed E-state index contributed by atoms with van der Waals surface area (Å²) in [6, 6.07) is 9.81. The molecule has 0 fully saturated rings. The van der Waals surface area contributed by atoms with Crippen molar-refractivity contribution in [2.45, 2.75) is 29.5 Å². The lowest BCUT2D eigenvalue weighted by molar-refractivity contribution is -0.122. The van der Waals surface area contributed by atoms with E-state index in [9.17, 15) is 4.79 Å². The molecule has 0 aliphatic heterocycles. The molecular weight excluding hydrogens is 276 g/mol. The number of hydrogen-bond donors (Lipinski definition) is 2. The largest absolute Gasteiger partial charge is 0.354 e. The van der Waals surface area contributed by atoms with Crippen LogP contribution in [0, 0.1) is 0 Å². The van der Waals surface area contributed by atoms with Crippen LogP contribution < -0.4 is 11.1 Å². The zero-order chi connectivity index (χ0) is 14.1. The van der Waals surface area contributed by atoms with E-state index in [0.717, 1.165) is 12.2 Å². The highest BCUT2D eigenvalue weighted by Crippen LogP contribution is 2.21. The number of carbonyl (C=O) groups is 1. The van der Waals surface area contributed by atoms with Crippen LogP contribution in [0.25, 0.3) is 0 Å². The van der Waals surface area contributed by atoms with Gasteiger partial charge in [0, 0.05) is 16.7 Å². The SMILES string of the molecule is CSCC[C@H](N)C(=O)NCC(C)Sc1ccccc1. The lowest BCUT2D eigenvalue weighted by Gasteiger charge is -2.15. The van der Waals surface area contributed by atoms with Crippen LogP contribution in [-0.2, 0) is 4.79 Å². The van der Waals surface area contributed by atoms with Gasteiger partial charge in [0.25, 0.3) is 0 Å². The third kappa shape index (κ3) is 6.89. The number of rotatable bonds is 8. The minimum atomic E-state index is -0.388. The van der Waals surface area contributed by atoms with Gasteiger partial charge in [-0.3, -0.25) is 4.79 Å². The predicted molar refractivity (Wildman–Crippen MR) is 85.7 cm³/mol. The van der Waals surface area contributed by atoms with E-state index < -0.39 is 0 Å². The summed E-state index contributed by atoms with van der Waals surface area (Å²) < 4.78 is 0. The van der Waals surface area contributed by atoms with Gasteiger partial charge in [-0.2, -0.15) is 11.8 Å². The lowest BCUT2D eigenvalue weighted by Crippen LogP contribution is -2.42. The lowest BCUT2D eigenvalue weighted by atomic mass is 10.2. The van der Waals surface area contributed by atoms with Crippen molar-refractivity contribution in [1.82, 2.24) is 5.32 Å². The molecule has 106 valence electrons. The monoisotopic (exact) mass is 298 g/mol. The van der Waals surface area contributed by atoms with E-state index in [-0.39, 0.29) is 11.9 Å². The van der Waals surface area contributed by atoms with Gasteiger partial charge in [-0.15, -0.1) is 11.8 Å². The van der Waals surface area contributed by atoms with Gasteiger partial charge in [0.15, 0.2) is 0 Å². The molecule has 0 bridgehead atoms. The Hall–Kier alpha value is -0.650. The first kappa shape index (κ1) is 16.4. The molecule has 19 heavy (non-hydrogen) atoms. The zero-order valence-electron chi connectivity index (χ0n) is 11.5. The number of nitrogens with one attached hydrogen (secondary N) is 1. The number of thioether (sulfide) groups is 2. The number of amides is 1. The van der Waals surface area contributed by atoms with Crippen LogP contribution in [0.15, 0.2) is 35.2 Å². The minimum absolute atomic E-state index is 0.0467. The molecular formula is C14H22N2OS2. The second-order valence-corrected chi connectivity index (χ2v) is 6.87. The van der Waals surface area contributed by atoms with E-state index in [0.29, 0.717) is 11.8 Å². The van der Waals surface area contributed by atoms with Gasteiger partial charge in [0.1, 0.15) is 0 Å². The number of benzene rings is 1. The molecule has 2 atom stereocenters. The highest BCUT2D eigenvalue weighted by molar-refractivity contribution is 8.00. The van der Waals surface area contributed by atoms with E-state index in [2.05, 4.69) is 24.4 Å². The molecule has 1 unspecified atom stereocenters. The van der Waals surface area contributed by atoms with Crippen LogP contribution in [0.4, 0.5) is 0 Å². The maximum Gasteiger partial charge on any atom is 0.236 e. The van der Waals surface area contributed by atoms with Crippen molar-refractivity contribution in [2.75, 3.05) is 18.6 Å². The Morgan fingerprint density at radius 1 is 1.37 bits per heavy atom. The molecule has 1 aromatic rings. The van der Waals surface area contributed by atoms with Crippen molar-refractivity contribution in [1.29, 1.82) is 0 Å². The van der Waals surface area contributed by atoms with Crippen LogP contribution in [0.3, 0.4) is 0 Å². The summed E-state index contributed by atoms with van der Waals surface area (Å²) in [6.45, 7) is 2.75.